The molecular weight excluding hydrogens is 338 g/mol. The van der Waals surface area contributed by atoms with Gasteiger partial charge in [-0.1, -0.05) is 5.92 Å². The minimum Gasteiger partial charge on any atom is -0.398 e. The number of halogens is 1. The maximum Gasteiger partial charge on any atom is 0.525 e. The molecule has 0 unspecified atom stereocenters. The minimum absolute atomic E-state index is 0.257. The van der Waals surface area contributed by atoms with E-state index in [1.165, 1.54) is 6.08 Å². The summed E-state index contributed by atoms with van der Waals surface area (Å²) in [5.74, 6) is 2.54. The Kier molecular flexibility index (Phi) is 4.63. The molecule has 3 heterocycles. The van der Waals surface area contributed by atoms with Crippen LogP contribution in [0.4, 0.5) is 4.39 Å². The molecule has 0 radical (unpaired) electrons. The van der Waals surface area contributed by atoms with Crippen molar-refractivity contribution < 1.29 is 13.7 Å². The Morgan fingerprint density at radius 2 is 2.08 bits per heavy atom. The van der Waals surface area contributed by atoms with E-state index in [2.05, 4.69) is 11.0 Å². The van der Waals surface area contributed by atoms with Gasteiger partial charge in [-0.05, 0) is 51.3 Å². The maximum atomic E-state index is 14.8. The fraction of sp³-hybridized carbons (Fsp3) is 0.389. The monoisotopic (exact) mass is 358 g/mol. The van der Waals surface area contributed by atoms with Crippen LogP contribution in [0.3, 0.4) is 0 Å². The summed E-state index contributed by atoms with van der Waals surface area (Å²) >= 11 is 1.58. The smallest absolute Gasteiger partial charge is 0.398 e. The SMILES string of the molecule is C#CCn1nc(-c2ccsc2)cc1C=C(F)B1OC(C)(C)C(C)(C)O1. The van der Waals surface area contributed by atoms with Crippen molar-refractivity contribution in [2.75, 3.05) is 0 Å². The first-order chi connectivity index (χ1) is 11.7. The van der Waals surface area contributed by atoms with Crippen LogP contribution in [0.1, 0.15) is 33.4 Å². The zero-order valence-corrected chi connectivity index (χ0v) is 15.6. The highest BCUT2D eigenvalue weighted by Gasteiger charge is 2.53. The largest absolute Gasteiger partial charge is 0.525 e. The number of hydrogen-bond donors (Lipinski definition) is 0. The summed E-state index contributed by atoms with van der Waals surface area (Å²) < 4.78 is 27.9. The fourth-order valence-corrected chi connectivity index (χ4v) is 3.13. The lowest BCUT2D eigenvalue weighted by atomic mass is 9.87. The summed E-state index contributed by atoms with van der Waals surface area (Å²) in [5.41, 5.74) is 0.615. The highest BCUT2D eigenvalue weighted by molar-refractivity contribution is 7.08. The third kappa shape index (κ3) is 3.43. The van der Waals surface area contributed by atoms with E-state index in [9.17, 15) is 4.39 Å². The summed E-state index contributed by atoms with van der Waals surface area (Å²) in [6, 6.07) is 3.77. The van der Waals surface area contributed by atoms with Gasteiger partial charge >= 0.3 is 7.12 Å². The number of terminal acetylenes is 1. The molecule has 0 aromatic carbocycles. The average molecular weight is 358 g/mol. The molecule has 2 aromatic heterocycles. The Balaban J connectivity index is 1.91. The molecule has 1 fully saturated rings. The number of nitrogens with zero attached hydrogens (tertiary/aromatic N) is 2. The summed E-state index contributed by atoms with van der Waals surface area (Å²) in [4.78, 5) is 0. The van der Waals surface area contributed by atoms with E-state index in [-0.39, 0.29) is 6.54 Å². The number of hydrogen-bond acceptors (Lipinski definition) is 4. The van der Waals surface area contributed by atoms with E-state index in [4.69, 9.17) is 15.7 Å². The molecule has 4 nitrogen and oxygen atoms in total. The first kappa shape index (κ1) is 17.9. The molecule has 0 spiro atoms. The number of aromatic nitrogens is 2. The van der Waals surface area contributed by atoms with Crippen LogP contribution in [0.15, 0.2) is 28.6 Å². The van der Waals surface area contributed by atoms with Crippen LogP contribution in [-0.4, -0.2) is 28.1 Å². The van der Waals surface area contributed by atoms with E-state index in [0.29, 0.717) is 5.69 Å². The van der Waals surface area contributed by atoms with Crippen molar-refractivity contribution in [2.45, 2.75) is 45.4 Å². The van der Waals surface area contributed by atoms with Gasteiger partial charge in [-0.3, -0.25) is 4.68 Å². The molecule has 0 saturated carbocycles. The lowest BCUT2D eigenvalue weighted by Crippen LogP contribution is -2.41. The Bertz CT molecular complexity index is 818. The van der Waals surface area contributed by atoms with Gasteiger partial charge in [0, 0.05) is 10.9 Å². The van der Waals surface area contributed by atoms with Crippen LogP contribution in [-0.2, 0) is 15.9 Å². The molecule has 0 aliphatic carbocycles. The quantitative estimate of drug-likeness (QED) is 0.608. The van der Waals surface area contributed by atoms with Gasteiger partial charge < -0.3 is 9.31 Å². The van der Waals surface area contributed by atoms with Crippen molar-refractivity contribution in [3.05, 3.63) is 34.3 Å². The van der Waals surface area contributed by atoms with Crippen molar-refractivity contribution in [1.29, 1.82) is 0 Å². The first-order valence-electron chi connectivity index (χ1n) is 8.00. The standard InChI is InChI=1S/C18H20BFN2O2S/c1-6-8-22-14(10-15(21-22)13-7-9-25-12-13)11-16(20)19-23-17(2,3)18(4,5)24-19/h1,7,9-12H,8H2,2-5H3. The van der Waals surface area contributed by atoms with Crippen molar-refractivity contribution in [2.24, 2.45) is 0 Å². The van der Waals surface area contributed by atoms with E-state index >= 15 is 0 Å². The van der Waals surface area contributed by atoms with Gasteiger partial charge in [0.1, 0.15) is 12.3 Å². The van der Waals surface area contributed by atoms with Crippen LogP contribution in [0.2, 0.25) is 0 Å². The van der Waals surface area contributed by atoms with Crippen molar-refractivity contribution in [3.63, 3.8) is 0 Å². The van der Waals surface area contributed by atoms with E-state index in [1.807, 2.05) is 50.6 Å². The van der Waals surface area contributed by atoms with Crippen molar-refractivity contribution in [3.8, 4) is 23.6 Å². The zero-order chi connectivity index (χ0) is 18.2. The molecule has 3 rings (SSSR count). The number of thiophene rings is 1. The Hall–Kier alpha value is -1.88. The second-order valence-electron chi connectivity index (χ2n) is 6.95. The van der Waals surface area contributed by atoms with E-state index in [1.54, 1.807) is 16.0 Å². The average Bonchev–Trinajstić information content (AvgIpc) is 3.20. The molecule has 0 atom stereocenters. The third-order valence-electron chi connectivity index (χ3n) is 4.63. The first-order valence-corrected chi connectivity index (χ1v) is 8.94. The topological polar surface area (TPSA) is 36.3 Å². The zero-order valence-electron chi connectivity index (χ0n) is 14.7. The summed E-state index contributed by atoms with van der Waals surface area (Å²) in [5, 5.41) is 8.42. The van der Waals surface area contributed by atoms with Crippen molar-refractivity contribution >= 4 is 24.5 Å². The van der Waals surface area contributed by atoms with E-state index in [0.717, 1.165) is 11.3 Å². The molecule has 2 aromatic rings. The summed E-state index contributed by atoms with van der Waals surface area (Å²) in [6.45, 7) is 7.80. The van der Waals surface area contributed by atoms with Crippen LogP contribution in [0.25, 0.3) is 17.3 Å². The van der Waals surface area contributed by atoms with Crippen LogP contribution >= 0.6 is 11.3 Å². The van der Waals surface area contributed by atoms with Crippen LogP contribution in [0, 0.1) is 12.3 Å². The van der Waals surface area contributed by atoms with Crippen LogP contribution < -0.4 is 0 Å². The molecule has 0 bridgehead atoms. The fourth-order valence-electron chi connectivity index (χ4n) is 2.48. The lowest BCUT2D eigenvalue weighted by Gasteiger charge is -2.32. The molecule has 1 aliphatic rings. The van der Waals surface area contributed by atoms with Gasteiger partial charge in [0.15, 0.2) is 0 Å². The molecule has 0 N–H and O–H groups in total. The van der Waals surface area contributed by atoms with Gasteiger partial charge in [0.2, 0.25) is 0 Å². The minimum atomic E-state index is -1.04. The molecule has 7 heteroatoms. The van der Waals surface area contributed by atoms with Gasteiger partial charge in [-0.25, -0.2) is 4.39 Å². The highest BCUT2D eigenvalue weighted by atomic mass is 32.1. The Labute approximate surface area is 151 Å². The predicted octanol–water partition coefficient (Wildman–Crippen LogP) is 4.19. The predicted molar refractivity (Wildman–Crippen MR) is 99.5 cm³/mol. The van der Waals surface area contributed by atoms with Crippen molar-refractivity contribution in [1.82, 2.24) is 9.78 Å². The Morgan fingerprint density at radius 1 is 1.40 bits per heavy atom. The molecule has 130 valence electrons. The van der Waals surface area contributed by atoms with Gasteiger partial charge in [-0.15, -0.1) is 6.42 Å². The second kappa shape index (κ2) is 6.45. The molecule has 1 saturated heterocycles. The molecule has 25 heavy (non-hydrogen) atoms. The Morgan fingerprint density at radius 3 is 2.64 bits per heavy atom. The molecular formula is C18H20BFN2O2S. The normalized spacial score (nSPS) is 19.2. The van der Waals surface area contributed by atoms with Gasteiger partial charge in [0.25, 0.3) is 0 Å². The second-order valence-corrected chi connectivity index (χ2v) is 7.73. The molecule has 1 aliphatic heterocycles. The lowest BCUT2D eigenvalue weighted by molar-refractivity contribution is 0.00578. The summed E-state index contributed by atoms with van der Waals surface area (Å²) in [6.07, 6.45) is 6.79. The van der Waals surface area contributed by atoms with Crippen LogP contribution in [0.5, 0.6) is 0 Å². The highest BCUT2D eigenvalue weighted by Crippen LogP contribution is 2.39. The van der Waals surface area contributed by atoms with E-state index < -0.39 is 24.0 Å². The maximum absolute atomic E-state index is 14.8. The number of rotatable bonds is 4. The summed E-state index contributed by atoms with van der Waals surface area (Å²) in [7, 11) is -1.04. The van der Waals surface area contributed by atoms with Gasteiger partial charge in [0.05, 0.1) is 22.6 Å². The third-order valence-corrected chi connectivity index (χ3v) is 5.32. The van der Waals surface area contributed by atoms with Gasteiger partial charge in [-0.2, -0.15) is 16.4 Å². The molecule has 0 amide bonds.